The maximum absolute atomic E-state index is 12.6. The molecular weight excluding hydrogens is 330 g/mol. The fourth-order valence-corrected chi connectivity index (χ4v) is 2.27. The highest BCUT2D eigenvalue weighted by Crippen LogP contribution is 2.29. The smallest absolute Gasteiger partial charge is 0.410 e. The summed E-state index contributed by atoms with van der Waals surface area (Å²) in [7, 11) is 0. The number of alkyl halides is 6. The molecular formula is C13H20F6N2O2. The van der Waals surface area contributed by atoms with Gasteiger partial charge in [0.15, 0.2) is 0 Å². The van der Waals surface area contributed by atoms with Crippen LogP contribution in [0.15, 0.2) is 0 Å². The standard InChI is InChI=1S/C13H20F6N2O2/c1-11(2,3)23-10(22)21-7-8(4-12(14,15)16)20-6-9(21)5-13(17,18)19/h8-9,20H,4-7H2,1-3H3/t8-,9+/m0/s1. The third-order valence-electron chi connectivity index (χ3n) is 3.07. The molecule has 1 rings (SSSR count). The zero-order valence-electron chi connectivity index (χ0n) is 13.0. The van der Waals surface area contributed by atoms with Gasteiger partial charge >= 0.3 is 18.4 Å². The van der Waals surface area contributed by atoms with E-state index in [1.807, 2.05) is 0 Å². The summed E-state index contributed by atoms with van der Waals surface area (Å²) in [6.45, 7) is 3.71. The lowest BCUT2D eigenvalue weighted by molar-refractivity contribution is -0.156. The molecule has 0 unspecified atom stereocenters. The van der Waals surface area contributed by atoms with Gasteiger partial charge in [-0.25, -0.2) is 4.79 Å². The lowest BCUT2D eigenvalue weighted by Crippen LogP contribution is -2.60. The van der Waals surface area contributed by atoms with Crippen molar-refractivity contribution in [3.05, 3.63) is 0 Å². The Morgan fingerprint density at radius 3 is 2.04 bits per heavy atom. The average molecular weight is 350 g/mol. The number of carbonyl (C=O) groups is 1. The van der Waals surface area contributed by atoms with Gasteiger partial charge in [-0.2, -0.15) is 26.3 Å². The highest BCUT2D eigenvalue weighted by Gasteiger charge is 2.43. The summed E-state index contributed by atoms with van der Waals surface area (Å²) in [5.41, 5.74) is -0.954. The van der Waals surface area contributed by atoms with Crippen molar-refractivity contribution in [2.75, 3.05) is 13.1 Å². The molecule has 1 N–H and O–H groups in total. The second kappa shape index (κ2) is 6.74. The van der Waals surface area contributed by atoms with E-state index in [9.17, 15) is 31.1 Å². The van der Waals surface area contributed by atoms with Gasteiger partial charge in [-0.1, -0.05) is 0 Å². The monoisotopic (exact) mass is 350 g/mol. The SMILES string of the molecule is CC(C)(C)OC(=O)N1C[C@H](CC(F)(F)F)NC[C@H]1CC(F)(F)F. The lowest BCUT2D eigenvalue weighted by Gasteiger charge is -2.41. The molecule has 0 aromatic rings. The van der Waals surface area contributed by atoms with Crippen LogP contribution in [0.1, 0.15) is 33.6 Å². The van der Waals surface area contributed by atoms with E-state index < -0.39 is 55.5 Å². The molecule has 10 heteroatoms. The first-order valence-corrected chi connectivity index (χ1v) is 7.03. The van der Waals surface area contributed by atoms with E-state index in [0.29, 0.717) is 0 Å². The highest BCUT2D eigenvalue weighted by molar-refractivity contribution is 5.68. The average Bonchev–Trinajstić information content (AvgIpc) is 2.24. The lowest BCUT2D eigenvalue weighted by atomic mass is 10.0. The third kappa shape index (κ3) is 7.76. The molecule has 1 amide bonds. The molecule has 0 spiro atoms. The van der Waals surface area contributed by atoms with Gasteiger partial charge in [-0.05, 0) is 20.8 Å². The number of halogens is 6. The van der Waals surface area contributed by atoms with Crippen molar-refractivity contribution in [1.82, 2.24) is 10.2 Å². The van der Waals surface area contributed by atoms with E-state index in [2.05, 4.69) is 5.32 Å². The largest absolute Gasteiger partial charge is 0.444 e. The van der Waals surface area contributed by atoms with Gasteiger partial charge in [0, 0.05) is 19.1 Å². The minimum absolute atomic E-state index is 0.375. The van der Waals surface area contributed by atoms with E-state index in [4.69, 9.17) is 4.74 Å². The molecule has 1 fully saturated rings. The van der Waals surface area contributed by atoms with Crippen LogP contribution < -0.4 is 5.32 Å². The molecule has 1 aliphatic heterocycles. The van der Waals surface area contributed by atoms with Crippen molar-refractivity contribution in [3.63, 3.8) is 0 Å². The van der Waals surface area contributed by atoms with Gasteiger partial charge in [0.1, 0.15) is 5.60 Å². The van der Waals surface area contributed by atoms with E-state index >= 15 is 0 Å². The molecule has 4 nitrogen and oxygen atoms in total. The normalized spacial score (nSPS) is 23.8. The predicted molar refractivity (Wildman–Crippen MR) is 69.9 cm³/mol. The van der Waals surface area contributed by atoms with Crippen LogP contribution in [0.3, 0.4) is 0 Å². The van der Waals surface area contributed by atoms with E-state index in [1.165, 1.54) is 20.8 Å². The van der Waals surface area contributed by atoms with Crippen molar-refractivity contribution >= 4 is 6.09 Å². The Labute approximate surface area is 130 Å². The van der Waals surface area contributed by atoms with Crippen molar-refractivity contribution in [2.45, 2.75) is 63.7 Å². The molecule has 0 aromatic heterocycles. The van der Waals surface area contributed by atoms with E-state index in [1.54, 1.807) is 0 Å². The molecule has 0 radical (unpaired) electrons. The van der Waals surface area contributed by atoms with Crippen LogP contribution in [0, 0.1) is 0 Å². The number of amides is 1. The van der Waals surface area contributed by atoms with Gasteiger partial charge in [-0.3, -0.25) is 0 Å². The van der Waals surface area contributed by atoms with Crippen LogP contribution >= 0.6 is 0 Å². The summed E-state index contributed by atoms with van der Waals surface area (Å²) in [6.07, 6.45) is -12.6. The quantitative estimate of drug-likeness (QED) is 0.776. The number of carbonyl (C=O) groups excluding carboxylic acids is 1. The van der Waals surface area contributed by atoms with Crippen LogP contribution in [-0.2, 0) is 4.74 Å². The maximum atomic E-state index is 12.6. The van der Waals surface area contributed by atoms with Crippen molar-refractivity contribution in [3.8, 4) is 0 Å². The Morgan fingerprint density at radius 2 is 1.61 bits per heavy atom. The second-order valence-electron chi connectivity index (χ2n) is 6.53. The Bertz CT molecular complexity index is 416. The summed E-state index contributed by atoms with van der Waals surface area (Å²) in [5.74, 6) is 0. The van der Waals surface area contributed by atoms with Crippen LogP contribution in [0.25, 0.3) is 0 Å². The summed E-state index contributed by atoms with van der Waals surface area (Å²) in [5, 5.41) is 2.43. The summed E-state index contributed by atoms with van der Waals surface area (Å²) < 4.78 is 80.2. The molecule has 2 atom stereocenters. The predicted octanol–water partition coefficient (Wildman–Crippen LogP) is 3.47. The first-order valence-electron chi connectivity index (χ1n) is 7.03. The maximum Gasteiger partial charge on any atom is 0.410 e. The molecule has 0 saturated carbocycles. The number of hydrogen-bond acceptors (Lipinski definition) is 3. The summed E-state index contributed by atoms with van der Waals surface area (Å²) in [6, 6.07) is -2.46. The number of nitrogens with one attached hydrogen (secondary N) is 1. The molecule has 23 heavy (non-hydrogen) atoms. The number of nitrogens with zero attached hydrogens (tertiary/aromatic N) is 1. The van der Waals surface area contributed by atoms with Crippen LogP contribution in [0.5, 0.6) is 0 Å². The fourth-order valence-electron chi connectivity index (χ4n) is 2.27. The number of ether oxygens (including phenoxy) is 1. The van der Waals surface area contributed by atoms with Gasteiger partial charge < -0.3 is 15.0 Å². The topological polar surface area (TPSA) is 41.6 Å². The number of piperazine rings is 1. The molecule has 0 aromatic carbocycles. The summed E-state index contributed by atoms with van der Waals surface area (Å²) >= 11 is 0. The molecule has 1 aliphatic rings. The Balaban J connectivity index is 2.85. The Hall–Kier alpha value is -1.19. The molecule has 1 heterocycles. The Morgan fingerprint density at radius 1 is 1.09 bits per heavy atom. The van der Waals surface area contributed by atoms with E-state index in [-0.39, 0.29) is 6.54 Å². The summed E-state index contributed by atoms with van der Waals surface area (Å²) in [4.78, 5) is 12.8. The molecule has 136 valence electrons. The fraction of sp³-hybridized carbons (Fsp3) is 0.923. The molecule has 0 bridgehead atoms. The van der Waals surface area contributed by atoms with Crippen molar-refractivity contribution in [1.29, 1.82) is 0 Å². The Kier molecular flexibility index (Phi) is 5.82. The van der Waals surface area contributed by atoms with Gasteiger partial charge in [0.05, 0.1) is 18.9 Å². The van der Waals surface area contributed by atoms with Crippen LogP contribution in [-0.4, -0.2) is 54.1 Å². The van der Waals surface area contributed by atoms with Crippen LogP contribution in [0.4, 0.5) is 31.1 Å². The first kappa shape index (κ1) is 19.9. The van der Waals surface area contributed by atoms with E-state index in [0.717, 1.165) is 4.90 Å². The van der Waals surface area contributed by atoms with Crippen molar-refractivity contribution in [2.24, 2.45) is 0 Å². The number of rotatable bonds is 2. The minimum atomic E-state index is -4.54. The number of hydrogen-bond donors (Lipinski definition) is 1. The van der Waals surface area contributed by atoms with Crippen LogP contribution in [0.2, 0.25) is 0 Å². The van der Waals surface area contributed by atoms with Gasteiger partial charge in [-0.15, -0.1) is 0 Å². The zero-order chi connectivity index (χ0) is 18.1. The second-order valence-corrected chi connectivity index (χ2v) is 6.53. The first-order chi connectivity index (χ1) is 10.2. The zero-order valence-corrected chi connectivity index (χ0v) is 13.0. The third-order valence-corrected chi connectivity index (χ3v) is 3.07. The van der Waals surface area contributed by atoms with Crippen molar-refractivity contribution < 1.29 is 35.9 Å². The highest BCUT2D eigenvalue weighted by atomic mass is 19.4. The minimum Gasteiger partial charge on any atom is -0.444 e. The molecule has 0 aliphatic carbocycles. The van der Waals surface area contributed by atoms with Gasteiger partial charge in [0.25, 0.3) is 0 Å². The molecule has 1 saturated heterocycles. The van der Waals surface area contributed by atoms with Gasteiger partial charge in [0.2, 0.25) is 0 Å².